The van der Waals surface area contributed by atoms with Crippen molar-refractivity contribution in [3.05, 3.63) is 83.2 Å². The Balaban J connectivity index is 1.52. The highest BCUT2D eigenvalue weighted by Crippen LogP contribution is 2.33. The molecule has 0 radical (unpaired) electrons. The Morgan fingerprint density at radius 3 is 2.62 bits per heavy atom. The molecule has 1 unspecified atom stereocenters. The molecule has 0 saturated heterocycles. The fourth-order valence-electron chi connectivity index (χ4n) is 4.18. The predicted molar refractivity (Wildman–Crippen MR) is 126 cm³/mol. The van der Waals surface area contributed by atoms with E-state index in [1.54, 1.807) is 0 Å². The van der Waals surface area contributed by atoms with E-state index < -0.39 is 0 Å². The van der Waals surface area contributed by atoms with Crippen molar-refractivity contribution < 1.29 is 0 Å². The Kier molecular flexibility index (Phi) is 5.23. The smallest absolute Gasteiger partial charge is 0.0481 e. The lowest BCUT2D eigenvalue weighted by atomic mass is 9.95. The predicted octanol–water partition coefficient (Wildman–Crippen LogP) is 5.62. The van der Waals surface area contributed by atoms with E-state index in [4.69, 9.17) is 0 Å². The largest absolute Gasteiger partial charge is 0.378 e. The van der Waals surface area contributed by atoms with Crippen LogP contribution in [0.1, 0.15) is 28.7 Å². The summed E-state index contributed by atoms with van der Waals surface area (Å²) in [6, 6.07) is 16.0. The monoisotopic (exact) mass is 385 g/mol. The lowest BCUT2D eigenvalue weighted by molar-refractivity contribution is 0.646. The molecule has 3 heteroatoms. The maximum Gasteiger partial charge on any atom is 0.0481 e. The molecule has 0 saturated carbocycles. The lowest BCUT2D eigenvalue weighted by Crippen LogP contribution is -2.34. The molecule has 150 valence electrons. The van der Waals surface area contributed by atoms with Gasteiger partial charge in [-0.05, 0) is 79.3 Å². The van der Waals surface area contributed by atoms with Gasteiger partial charge in [0.15, 0.2) is 0 Å². The normalized spacial score (nSPS) is 16.3. The first kappa shape index (κ1) is 19.4. The molecular formula is C26H31N3. The Hall–Kier alpha value is -2.94. The average molecular weight is 386 g/mol. The number of aryl methyl sites for hydroxylation is 3. The molecule has 0 N–H and O–H groups in total. The number of aromatic nitrogens is 1. The minimum absolute atomic E-state index is 0.428. The van der Waals surface area contributed by atoms with Gasteiger partial charge in [0, 0.05) is 56.6 Å². The van der Waals surface area contributed by atoms with E-state index in [0.29, 0.717) is 6.04 Å². The standard InChI is InChI=1S/C26H31N3/c1-19-6-7-20(2)26(16-19)29-15-14-21(18-29)8-10-23-11-9-22-17-24(27(3)4)12-13-25(22)28(23)5/h6-8,10,12-18,23H,9,11H2,1-5H3. The van der Waals surface area contributed by atoms with Gasteiger partial charge in [-0.1, -0.05) is 24.3 Å². The Morgan fingerprint density at radius 2 is 1.83 bits per heavy atom. The van der Waals surface area contributed by atoms with Crippen LogP contribution in [0.15, 0.2) is 60.9 Å². The van der Waals surface area contributed by atoms with Crippen molar-refractivity contribution >= 4 is 17.5 Å². The van der Waals surface area contributed by atoms with Crippen LogP contribution >= 0.6 is 0 Å². The summed E-state index contributed by atoms with van der Waals surface area (Å²) in [6.07, 6.45) is 11.3. The molecule has 1 aromatic heterocycles. The van der Waals surface area contributed by atoms with Crippen LogP contribution in [0.25, 0.3) is 11.8 Å². The van der Waals surface area contributed by atoms with E-state index in [-0.39, 0.29) is 0 Å². The molecule has 1 atom stereocenters. The van der Waals surface area contributed by atoms with E-state index in [0.717, 1.165) is 12.8 Å². The summed E-state index contributed by atoms with van der Waals surface area (Å²) in [5.74, 6) is 0. The van der Waals surface area contributed by atoms with Gasteiger partial charge in [0.25, 0.3) is 0 Å². The van der Waals surface area contributed by atoms with Gasteiger partial charge in [0.2, 0.25) is 0 Å². The maximum absolute atomic E-state index is 2.41. The minimum atomic E-state index is 0.428. The van der Waals surface area contributed by atoms with Crippen molar-refractivity contribution in [2.24, 2.45) is 0 Å². The second kappa shape index (κ2) is 7.82. The first-order valence-electron chi connectivity index (χ1n) is 10.4. The number of likely N-dealkylation sites (N-methyl/N-ethyl adjacent to an activating group) is 1. The first-order valence-corrected chi connectivity index (χ1v) is 10.4. The average Bonchev–Trinajstić information content (AvgIpc) is 3.18. The van der Waals surface area contributed by atoms with Crippen LogP contribution in [0.5, 0.6) is 0 Å². The summed E-state index contributed by atoms with van der Waals surface area (Å²) >= 11 is 0. The van der Waals surface area contributed by atoms with Crippen molar-refractivity contribution in [2.75, 3.05) is 30.9 Å². The van der Waals surface area contributed by atoms with Crippen molar-refractivity contribution in [1.82, 2.24) is 4.57 Å². The first-order chi connectivity index (χ1) is 13.9. The van der Waals surface area contributed by atoms with Gasteiger partial charge < -0.3 is 14.4 Å². The second-order valence-electron chi connectivity index (χ2n) is 8.43. The van der Waals surface area contributed by atoms with Crippen LogP contribution in [-0.4, -0.2) is 31.8 Å². The van der Waals surface area contributed by atoms with E-state index in [2.05, 4.69) is 116 Å². The molecule has 0 aliphatic carbocycles. The number of benzene rings is 2. The molecule has 1 aliphatic heterocycles. The van der Waals surface area contributed by atoms with Gasteiger partial charge in [-0.15, -0.1) is 0 Å². The number of anilines is 2. The van der Waals surface area contributed by atoms with Crippen LogP contribution in [-0.2, 0) is 6.42 Å². The van der Waals surface area contributed by atoms with Gasteiger partial charge in [0.1, 0.15) is 0 Å². The number of hydrogen-bond donors (Lipinski definition) is 0. The van der Waals surface area contributed by atoms with Gasteiger partial charge >= 0.3 is 0 Å². The number of nitrogens with zero attached hydrogens (tertiary/aromatic N) is 3. The maximum atomic E-state index is 2.41. The highest BCUT2D eigenvalue weighted by Gasteiger charge is 2.21. The van der Waals surface area contributed by atoms with Crippen molar-refractivity contribution in [3.63, 3.8) is 0 Å². The van der Waals surface area contributed by atoms with E-state index in [1.807, 2.05) is 0 Å². The molecule has 4 rings (SSSR count). The van der Waals surface area contributed by atoms with Gasteiger partial charge in [-0.25, -0.2) is 0 Å². The quantitative estimate of drug-likeness (QED) is 0.577. The number of fused-ring (bicyclic) bond motifs is 1. The molecule has 2 aromatic carbocycles. The topological polar surface area (TPSA) is 11.4 Å². The summed E-state index contributed by atoms with van der Waals surface area (Å²) < 4.78 is 2.23. The van der Waals surface area contributed by atoms with Gasteiger partial charge in [0.05, 0.1) is 0 Å². The van der Waals surface area contributed by atoms with Crippen LogP contribution in [0.2, 0.25) is 0 Å². The summed E-state index contributed by atoms with van der Waals surface area (Å²) in [4.78, 5) is 4.59. The summed E-state index contributed by atoms with van der Waals surface area (Å²) in [6.45, 7) is 4.31. The summed E-state index contributed by atoms with van der Waals surface area (Å²) in [5, 5.41) is 0. The minimum Gasteiger partial charge on any atom is -0.378 e. The van der Waals surface area contributed by atoms with Crippen LogP contribution < -0.4 is 9.80 Å². The number of rotatable bonds is 4. The third kappa shape index (κ3) is 3.95. The molecule has 2 heterocycles. The molecule has 0 spiro atoms. The van der Waals surface area contributed by atoms with Crippen LogP contribution in [0.3, 0.4) is 0 Å². The number of hydrogen-bond acceptors (Lipinski definition) is 2. The molecule has 1 aliphatic rings. The zero-order valence-electron chi connectivity index (χ0n) is 18.2. The highest BCUT2D eigenvalue weighted by atomic mass is 15.1. The van der Waals surface area contributed by atoms with E-state index in [1.165, 1.54) is 39.3 Å². The summed E-state index contributed by atoms with van der Waals surface area (Å²) in [7, 11) is 6.41. The zero-order chi connectivity index (χ0) is 20.5. The SMILES string of the molecule is Cc1ccc(C)c(-n2ccc(C=CC3CCc4cc(N(C)C)ccc4N3C)c2)c1. The summed E-state index contributed by atoms with van der Waals surface area (Å²) in [5.41, 5.74) is 9.16. The van der Waals surface area contributed by atoms with Gasteiger partial charge in [-0.3, -0.25) is 0 Å². The molecule has 3 nitrogen and oxygen atoms in total. The molecule has 0 bridgehead atoms. The van der Waals surface area contributed by atoms with Crippen molar-refractivity contribution in [3.8, 4) is 5.69 Å². The van der Waals surface area contributed by atoms with Crippen molar-refractivity contribution in [1.29, 1.82) is 0 Å². The molecule has 3 aromatic rings. The molecule has 0 amide bonds. The molecular weight excluding hydrogens is 354 g/mol. The molecule has 29 heavy (non-hydrogen) atoms. The highest BCUT2D eigenvalue weighted by molar-refractivity contribution is 5.64. The molecule has 0 fully saturated rings. The second-order valence-corrected chi connectivity index (χ2v) is 8.43. The van der Waals surface area contributed by atoms with Crippen LogP contribution in [0.4, 0.5) is 11.4 Å². The third-order valence-corrected chi connectivity index (χ3v) is 6.04. The Labute approximate surface area is 174 Å². The van der Waals surface area contributed by atoms with E-state index in [9.17, 15) is 0 Å². The van der Waals surface area contributed by atoms with Crippen LogP contribution in [0, 0.1) is 13.8 Å². The Morgan fingerprint density at radius 1 is 1.00 bits per heavy atom. The van der Waals surface area contributed by atoms with Gasteiger partial charge in [-0.2, -0.15) is 0 Å². The lowest BCUT2D eigenvalue weighted by Gasteiger charge is -2.35. The fraction of sp³-hybridized carbons (Fsp3) is 0.308. The fourth-order valence-corrected chi connectivity index (χ4v) is 4.18. The Bertz CT molecular complexity index is 1040. The zero-order valence-corrected chi connectivity index (χ0v) is 18.2. The van der Waals surface area contributed by atoms with E-state index >= 15 is 0 Å². The third-order valence-electron chi connectivity index (χ3n) is 6.04. The van der Waals surface area contributed by atoms with Crippen molar-refractivity contribution in [2.45, 2.75) is 32.7 Å².